The smallest absolute Gasteiger partial charge is 0.268 e. The number of aromatic nitrogens is 1. The van der Waals surface area contributed by atoms with E-state index in [2.05, 4.69) is 10.3 Å². The summed E-state index contributed by atoms with van der Waals surface area (Å²) in [5, 5.41) is 11.4. The summed E-state index contributed by atoms with van der Waals surface area (Å²) in [4.78, 5) is 29.5. The number of alkyl halides is 2. The lowest BCUT2D eigenvalue weighted by Crippen LogP contribution is -2.43. The van der Waals surface area contributed by atoms with Crippen LogP contribution in [0, 0.1) is 17.1 Å². The zero-order chi connectivity index (χ0) is 21.0. The average Bonchev–Trinajstić information content (AvgIpc) is 3.03. The number of halogens is 3. The summed E-state index contributed by atoms with van der Waals surface area (Å²) in [5.41, 5.74) is 1.59. The van der Waals surface area contributed by atoms with E-state index in [1.54, 1.807) is 18.2 Å². The quantitative estimate of drug-likeness (QED) is 0.832. The van der Waals surface area contributed by atoms with Crippen molar-refractivity contribution in [3.63, 3.8) is 0 Å². The van der Waals surface area contributed by atoms with Gasteiger partial charge in [0.2, 0.25) is 5.91 Å². The molecule has 29 heavy (non-hydrogen) atoms. The molecule has 1 aliphatic heterocycles. The molecule has 3 rings (SSSR count). The summed E-state index contributed by atoms with van der Waals surface area (Å²) in [7, 11) is 0. The molecule has 2 aromatic rings. The standard InChI is InChI=1S/C20H17F3N4O2/c21-15-3-1-13(2-4-15)7-14-10-25-6-5-17(14)19(29)26-11-18(28)27-12-20(22,23)8-16(27)9-24/h1-6,10,16H,7-8,11-12H2,(H,26,29)/t16-/m0/s1. The van der Waals surface area contributed by atoms with Gasteiger partial charge in [-0.25, -0.2) is 13.2 Å². The summed E-state index contributed by atoms with van der Waals surface area (Å²) in [5.74, 6) is -4.82. The van der Waals surface area contributed by atoms with Crippen LogP contribution in [0.25, 0.3) is 0 Å². The minimum absolute atomic E-state index is 0.265. The lowest BCUT2D eigenvalue weighted by molar-refractivity contribution is -0.131. The van der Waals surface area contributed by atoms with E-state index >= 15 is 0 Å². The van der Waals surface area contributed by atoms with Gasteiger partial charge in [0.1, 0.15) is 11.9 Å². The maximum Gasteiger partial charge on any atom is 0.268 e. The second-order valence-electron chi connectivity index (χ2n) is 6.75. The number of nitriles is 1. The van der Waals surface area contributed by atoms with Gasteiger partial charge in [0.25, 0.3) is 11.8 Å². The van der Waals surface area contributed by atoms with Crippen LogP contribution in [-0.4, -0.2) is 46.8 Å². The number of carbonyl (C=O) groups is 2. The van der Waals surface area contributed by atoms with E-state index in [9.17, 15) is 22.8 Å². The predicted molar refractivity (Wildman–Crippen MR) is 96.5 cm³/mol. The van der Waals surface area contributed by atoms with E-state index in [-0.39, 0.29) is 11.4 Å². The number of carbonyl (C=O) groups excluding carboxylic acids is 2. The molecule has 1 N–H and O–H groups in total. The Morgan fingerprint density at radius 1 is 1.28 bits per heavy atom. The van der Waals surface area contributed by atoms with Gasteiger partial charge in [0, 0.05) is 24.4 Å². The van der Waals surface area contributed by atoms with Crippen molar-refractivity contribution < 1.29 is 22.8 Å². The van der Waals surface area contributed by atoms with E-state index in [1.807, 2.05) is 0 Å². The molecule has 2 amide bonds. The van der Waals surface area contributed by atoms with Crippen molar-refractivity contribution in [1.29, 1.82) is 5.26 Å². The highest BCUT2D eigenvalue weighted by atomic mass is 19.3. The maximum atomic E-state index is 13.5. The highest BCUT2D eigenvalue weighted by molar-refractivity contribution is 5.97. The monoisotopic (exact) mass is 402 g/mol. The third kappa shape index (κ3) is 4.90. The lowest BCUT2D eigenvalue weighted by Gasteiger charge is -2.19. The number of nitrogens with one attached hydrogen (secondary N) is 1. The maximum absolute atomic E-state index is 13.5. The minimum atomic E-state index is -3.12. The first-order valence-corrected chi connectivity index (χ1v) is 8.81. The fraction of sp³-hybridized carbons (Fsp3) is 0.300. The Bertz CT molecular complexity index is 957. The van der Waals surface area contributed by atoms with Gasteiger partial charge in [-0.1, -0.05) is 12.1 Å². The lowest BCUT2D eigenvalue weighted by atomic mass is 10.0. The van der Waals surface area contributed by atoms with Gasteiger partial charge in [-0.05, 0) is 35.7 Å². The molecular formula is C20H17F3N4O2. The van der Waals surface area contributed by atoms with Gasteiger partial charge in [-0.15, -0.1) is 0 Å². The summed E-state index contributed by atoms with van der Waals surface area (Å²) in [6, 6.07) is 7.73. The normalized spacial score (nSPS) is 17.6. The van der Waals surface area contributed by atoms with E-state index in [0.717, 1.165) is 10.5 Å². The molecule has 1 atom stereocenters. The number of amides is 2. The van der Waals surface area contributed by atoms with Crippen LogP contribution in [0.5, 0.6) is 0 Å². The first-order valence-electron chi connectivity index (χ1n) is 8.81. The third-order valence-corrected chi connectivity index (χ3v) is 4.60. The minimum Gasteiger partial charge on any atom is -0.343 e. The number of likely N-dealkylation sites (tertiary alicyclic amines) is 1. The number of nitrogens with zero attached hydrogens (tertiary/aromatic N) is 3. The number of rotatable bonds is 5. The molecule has 9 heteroatoms. The van der Waals surface area contributed by atoms with Crippen molar-refractivity contribution in [1.82, 2.24) is 15.2 Å². The zero-order valence-electron chi connectivity index (χ0n) is 15.2. The Morgan fingerprint density at radius 2 is 2.00 bits per heavy atom. The largest absolute Gasteiger partial charge is 0.343 e. The fourth-order valence-electron chi connectivity index (χ4n) is 3.16. The van der Waals surface area contributed by atoms with Crippen LogP contribution >= 0.6 is 0 Å². The molecule has 0 radical (unpaired) electrons. The molecule has 6 nitrogen and oxygen atoms in total. The van der Waals surface area contributed by atoms with Crippen molar-refractivity contribution in [2.24, 2.45) is 0 Å². The molecular weight excluding hydrogens is 385 g/mol. The van der Waals surface area contributed by atoms with Gasteiger partial charge >= 0.3 is 0 Å². The van der Waals surface area contributed by atoms with Crippen LogP contribution in [0.4, 0.5) is 13.2 Å². The number of hydrogen-bond donors (Lipinski definition) is 1. The van der Waals surface area contributed by atoms with E-state index in [4.69, 9.17) is 5.26 Å². The Kier molecular flexibility index (Phi) is 5.82. The molecule has 1 aromatic heterocycles. The SMILES string of the molecule is N#C[C@@H]1CC(F)(F)CN1C(=O)CNC(=O)c1ccncc1Cc1ccc(F)cc1. The predicted octanol–water partition coefficient (Wildman–Crippen LogP) is 2.30. The molecule has 0 bridgehead atoms. The first kappa shape index (κ1) is 20.3. The van der Waals surface area contributed by atoms with Crippen molar-refractivity contribution in [3.05, 3.63) is 65.2 Å². The van der Waals surface area contributed by atoms with Crippen molar-refractivity contribution >= 4 is 11.8 Å². The molecule has 0 spiro atoms. The molecule has 2 heterocycles. The number of pyridine rings is 1. The van der Waals surface area contributed by atoms with Crippen LogP contribution in [0.15, 0.2) is 42.7 Å². The Morgan fingerprint density at radius 3 is 2.69 bits per heavy atom. The van der Waals surface area contributed by atoms with E-state index in [0.29, 0.717) is 12.0 Å². The first-order chi connectivity index (χ1) is 13.8. The Balaban J connectivity index is 1.66. The van der Waals surface area contributed by atoms with Gasteiger partial charge in [0.05, 0.1) is 19.2 Å². The van der Waals surface area contributed by atoms with Crippen molar-refractivity contribution in [2.45, 2.75) is 24.8 Å². The molecule has 1 aliphatic rings. The van der Waals surface area contributed by atoms with Crippen LogP contribution in [0.2, 0.25) is 0 Å². The van der Waals surface area contributed by atoms with E-state index in [1.165, 1.54) is 30.6 Å². The molecule has 1 saturated heterocycles. The van der Waals surface area contributed by atoms with Crippen LogP contribution < -0.4 is 5.32 Å². The second-order valence-corrected chi connectivity index (χ2v) is 6.75. The number of benzene rings is 1. The molecule has 150 valence electrons. The summed E-state index contributed by atoms with van der Waals surface area (Å²) in [6.07, 6.45) is 2.51. The van der Waals surface area contributed by atoms with Gasteiger partial charge in [-0.3, -0.25) is 14.6 Å². The summed E-state index contributed by atoms with van der Waals surface area (Å²) < 4.78 is 40.0. The molecule has 0 aliphatic carbocycles. The zero-order valence-corrected chi connectivity index (χ0v) is 15.2. The highest BCUT2D eigenvalue weighted by Crippen LogP contribution is 2.31. The third-order valence-electron chi connectivity index (χ3n) is 4.60. The van der Waals surface area contributed by atoms with Gasteiger partial charge in [-0.2, -0.15) is 5.26 Å². The topological polar surface area (TPSA) is 86.1 Å². The average molecular weight is 402 g/mol. The van der Waals surface area contributed by atoms with Crippen LogP contribution in [0.1, 0.15) is 27.9 Å². The number of hydrogen-bond acceptors (Lipinski definition) is 4. The molecule has 1 fully saturated rings. The van der Waals surface area contributed by atoms with E-state index < -0.39 is 43.3 Å². The molecule has 0 saturated carbocycles. The fourth-order valence-corrected chi connectivity index (χ4v) is 3.16. The Hall–Kier alpha value is -3.41. The van der Waals surface area contributed by atoms with Gasteiger partial charge in [0.15, 0.2) is 0 Å². The molecule has 0 unspecified atom stereocenters. The van der Waals surface area contributed by atoms with Crippen LogP contribution in [0.3, 0.4) is 0 Å². The summed E-state index contributed by atoms with van der Waals surface area (Å²) >= 11 is 0. The van der Waals surface area contributed by atoms with Gasteiger partial charge < -0.3 is 10.2 Å². The molecule has 1 aromatic carbocycles. The highest BCUT2D eigenvalue weighted by Gasteiger charge is 2.47. The second kappa shape index (κ2) is 8.31. The van der Waals surface area contributed by atoms with Crippen molar-refractivity contribution in [2.75, 3.05) is 13.1 Å². The van der Waals surface area contributed by atoms with Crippen LogP contribution in [-0.2, 0) is 11.2 Å². The Labute approximate surface area is 165 Å². The van der Waals surface area contributed by atoms with Crippen molar-refractivity contribution in [3.8, 4) is 6.07 Å². The summed E-state index contributed by atoms with van der Waals surface area (Å²) in [6.45, 7) is -1.35.